The van der Waals surface area contributed by atoms with E-state index in [1.165, 1.54) is 11.3 Å². The number of carbonyl (C=O) groups excluding carboxylic acids is 1. The van der Waals surface area contributed by atoms with Gasteiger partial charge < -0.3 is 9.84 Å². The number of halogens is 1. The van der Waals surface area contributed by atoms with Gasteiger partial charge in [0.15, 0.2) is 11.5 Å². The van der Waals surface area contributed by atoms with E-state index in [0.717, 1.165) is 26.9 Å². The van der Waals surface area contributed by atoms with Crippen molar-refractivity contribution in [2.75, 3.05) is 5.32 Å². The lowest BCUT2D eigenvalue weighted by molar-refractivity contribution is 0.101. The molecule has 0 atom stereocenters. The van der Waals surface area contributed by atoms with Crippen molar-refractivity contribution in [3.8, 4) is 17.4 Å². The number of benzene rings is 1. The molecule has 0 aliphatic carbocycles. The monoisotopic (exact) mass is 415 g/mol. The highest BCUT2D eigenvalue weighted by Gasteiger charge is 2.19. The number of nitrogens with one attached hydrogen (secondary N) is 1. The predicted molar refractivity (Wildman–Crippen MR) is 101 cm³/mol. The van der Waals surface area contributed by atoms with Gasteiger partial charge in [0.2, 0.25) is 0 Å². The molecular formula is C18H14BrN3O2S. The lowest BCUT2D eigenvalue weighted by atomic mass is 10.1. The molecule has 0 saturated heterocycles. The van der Waals surface area contributed by atoms with Gasteiger partial charge in [-0.2, -0.15) is 5.26 Å². The highest BCUT2D eigenvalue weighted by atomic mass is 79.9. The van der Waals surface area contributed by atoms with Crippen LogP contribution in [0.2, 0.25) is 0 Å². The topological polar surface area (TPSA) is 78.9 Å². The van der Waals surface area contributed by atoms with Gasteiger partial charge in [0.1, 0.15) is 11.1 Å². The van der Waals surface area contributed by atoms with E-state index in [-0.39, 0.29) is 5.69 Å². The van der Waals surface area contributed by atoms with Crippen molar-refractivity contribution in [2.24, 2.45) is 0 Å². The Morgan fingerprint density at radius 1 is 1.40 bits per heavy atom. The maximum Gasteiger partial charge on any atom is 0.278 e. The Morgan fingerprint density at radius 3 is 2.76 bits per heavy atom. The van der Waals surface area contributed by atoms with Crippen molar-refractivity contribution in [3.63, 3.8) is 0 Å². The molecular weight excluding hydrogens is 402 g/mol. The van der Waals surface area contributed by atoms with Crippen LogP contribution in [0, 0.1) is 18.3 Å². The summed E-state index contributed by atoms with van der Waals surface area (Å²) < 4.78 is 6.22. The molecule has 0 aliphatic rings. The van der Waals surface area contributed by atoms with Crippen LogP contribution in [0.1, 0.15) is 33.4 Å². The first kappa shape index (κ1) is 17.4. The Hall–Kier alpha value is -2.43. The predicted octanol–water partition coefficient (Wildman–Crippen LogP) is 5.16. The molecule has 2 heterocycles. The van der Waals surface area contributed by atoms with Gasteiger partial charge in [0.25, 0.3) is 5.91 Å². The fraction of sp³-hybridized carbons (Fsp3) is 0.167. The molecule has 126 valence electrons. The zero-order valence-electron chi connectivity index (χ0n) is 13.6. The van der Waals surface area contributed by atoms with E-state index < -0.39 is 5.91 Å². The average Bonchev–Trinajstić information content (AvgIpc) is 3.20. The number of hydrogen-bond donors (Lipinski definition) is 1. The van der Waals surface area contributed by atoms with E-state index in [0.29, 0.717) is 16.3 Å². The van der Waals surface area contributed by atoms with Gasteiger partial charge in [0, 0.05) is 21.0 Å². The molecule has 2 aromatic heterocycles. The lowest BCUT2D eigenvalue weighted by Gasteiger charge is -2.00. The highest BCUT2D eigenvalue weighted by Crippen LogP contribution is 2.33. The highest BCUT2D eigenvalue weighted by molar-refractivity contribution is 9.10. The maximum atomic E-state index is 12.4. The molecule has 0 unspecified atom stereocenters. The van der Waals surface area contributed by atoms with E-state index in [4.69, 9.17) is 4.52 Å². The molecule has 1 amide bonds. The molecule has 0 radical (unpaired) electrons. The number of carbonyl (C=O) groups is 1. The summed E-state index contributed by atoms with van der Waals surface area (Å²) in [5.74, 6) is 0.113. The molecule has 0 saturated carbocycles. The smallest absolute Gasteiger partial charge is 0.278 e. The lowest BCUT2D eigenvalue weighted by Crippen LogP contribution is -2.12. The number of hydrogen-bond acceptors (Lipinski definition) is 5. The molecule has 3 rings (SSSR count). The summed E-state index contributed by atoms with van der Waals surface area (Å²) in [5.41, 5.74) is 2.49. The standard InChI is InChI=1S/C18H14BrN3O2S/c1-3-13-10(2)25-18(14(13)9-20)21-17(23)15-8-16(24-22-15)11-4-6-12(19)7-5-11/h4-8H,3H2,1-2H3,(H,21,23). The van der Waals surface area contributed by atoms with Crippen molar-refractivity contribution in [1.29, 1.82) is 5.26 Å². The summed E-state index contributed by atoms with van der Waals surface area (Å²) in [4.78, 5) is 13.5. The second kappa shape index (κ2) is 7.21. The number of nitriles is 1. The van der Waals surface area contributed by atoms with Crippen LogP contribution in [-0.4, -0.2) is 11.1 Å². The second-order valence-corrected chi connectivity index (χ2v) is 7.48. The third-order valence-electron chi connectivity index (χ3n) is 3.77. The van der Waals surface area contributed by atoms with E-state index >= 15 is 0 Å². The van der Waals surface area contributed by atoms with Crippen LogP contribution in [0.3, 0.4) is 0 Å². The van der Waals surface area contributed by atoms with Crippen molar-refractivity contribution in [2.45, 2.75) is 20.3 Å². The number of rotatable bonds is 4. The Labute approximate surface area is 157 Å². The number of aromatic nitrogens is 1. The summed E-state index contributed by atoms with van der Waals surface area (Å²) >= 11 is 4.78. The number of nitrogens with zero attached hydrogens (tertiary/aromatic N) is 2. The van der Waals surface area contributed by atoms with Gasteiger partial charge in [-0.15, -0.1) is 11.3 Å². The summed E-state index contributed by atoms with van der Waals surface area (Å²) in [5, 5.41) is 16.5. The van der Waals surface area contributed by atoms with E-state index in [9.17, 15) is 10.1 Å². The molecule has 25 heavy (non-hydrogen) atoms. The molecule has 0 aliphatic heterocycles. The van der Waals surface area contributed by atoms with Crippen molar-refractivity contribution < 1.29 is 9.32 Å². The van der Waals surface area contributed by atoms with Crippen LogP contribution in [0.5, 0.6) is 0 Å². The van der Waals surface area contributed by atoms with E-state index in [1.807, 2.05) is 38.1 Å². The number of anilines is 1. The minimum absolute atomic E-state index is 0.172. The fourth-order valence-electron chi connectivity index (χ4n) is 2.51. The molecule has 0 bridgehead atoms. The summed E-state index contributed by atoms with van der Waals surface area (Å²) in [6.45, 7) is 3.94. The SMILES string of the molecule is CCc1c(C)sc(NC(=O)c2cc(-c3ccc(Br)cc3)on2)c1C#N. The summed E-state index contributed by atoms with van der Waals surface area (Å²) in [6.07, 6.45) is 0.749. The second-order valence-electron chi connectivity index (χ2n) is 5.34. The Bertz CT molecular complexity index is 967. The van der Waals surface area contributed by atoms with Crippen LogP contribution in [0.25, 0.3) is 11.3 Å². The molecule has 3 aromatic rings. The zero-order chi connectivity index (χ0) is 18.0. The van der Waals surface area contributed by atoms with Gasteiger partial charge in [-0.1, -0.05) is 40.1 Å². The molecule has 0 spiro atoms. The normalized spacial score (nSPS) is 10.5. The number of aryl methyl sites for hydroxylation is 1. The first-order valence-electron chi connectivity index (χ1n) is 7.59. The Balaban J connectivity index is 1.83. The fourth-order valence-corrected chi connectivity index (χ4v) is 3.87. The largest absolute Gasteiger partial charge is 0.355 e. The zero-order valence-corrected chi connectivity index (χ0v) is 16.0. The molecule has 0 fully saturated rings. The van der Waals surface area contributed by atoms with Gasteiger partial charge >= 0.3 is 0 Å². The first-order chi connectivity index (χ1) is 12.0. The van der Waals surface area contributed by atoms with Gasteiger partial charge in [-0.05, 0) is 31.0 Å². The van der Waals surface area contributed by atoms with Crippen molar-refractivity contribution >= 4 is 38.2 Å². The third kappa shape index (κ3) is 3.50. The number of amides is 1. The van der Waals surface area contributed by atoms with Crippen LogP contribution in [0.4, 0.5) is 5.00 Å². The number of thiophene rings is 1. The summed E-state index contributed by atoms with van der Waals surface area (Å²) in [6, 6.07) is 11.3. The van der Waals surface area contributed by atoms with Crippen LogP contribution in [-0.2, 0) is 6.42 Å². The van der Waals surface area contributed by atoms with Crippen molar-refractivity contribution in [1.82, 2.24) is 5.16 Å². The Morgan fingerprint density at radius 2 is 2.12 bits per heavy atom. The quantitative estimate of drug-likeness (QED) is 0.637. The van der Waals surface area contributed by atoms with Gasteiger partial charge in [0.05, 0.1) is 5.56 Å². The molecule has 1 aromatic carbocycles. The maximum absolute atomic E-state index is 12.4. The molecule has 1 N–H and O–H groups in total. The molecule has 7 heteroatoms. The Kier molecular flexibility index (Phi) is 5.02. The minimum Gasteiger partial charge on any atom is -0.355 e. The van der Waals surface area contributed by atoms with Crippen LogP contribution >= 0.6 is 27.3 Å². The van der Waals surface area contributed by atoms with E-state index in [2.05, 4.69) is 32.5 Å². The third-order valence-corrected chi connectivity index (χ3v) is 5.36. The van der Waals surface area contributed by atoms with Crippen LogP contribution < -0.4 is 5.32 Å². The van der Waals surface area contributed by atoms with Gasteiger partial charge in [-0.3, -0.25) is 4.79 Å². The van der Waals surface area contributed by atoms with E-state index in [1.54, 1.807) is 6.07 Å². The molecule has 5 nitrogen and oxygen atoms in total. The van der Waals surface area contributed by atoms with Gasteiger partial charge in [-0.25, -0.2) is 0 Å². The van der Waals surface area contributed by atoms with Crippen LogP contribution in [0.15, 0.2) is 39.3 Å². The van der Waals surface area contributed by atoms with Crippen molar-refractivity contribution in [3.05, 3.63) is 56.5 Å². The summed E-state index contributed by atoms with van der Waals surface area (Å²) in [7, 11) is 0. The minimum atomic E-state index is -0.396. The average molecular weight is 416 g/mol. The first-order valence-corrected chi connectivity index (χ1v) is 9.20.